The number of nitrogens with two attached hydrogens (primary N) is 1. The number of thiophene rings is 1. The molecule has 2 nitrogen and oxygen atoms in total. The minimum atomic E-state index is 0.142. The van der Waals surface area contributed by atoms with Gasteiger partial charge in [0.05, 0.1) is 10.7 Å². The molecule has 3 aromatic rings. The van der Waals surface area contributed by atoms with Gasteiger partial charge >= 0.3 is 0 Å². The van der Waals surface area contributed by atoms with Gasteiger partial charge in [-0.2, -0.15) is 0 Å². The van der Waals surface area contributed by atoms with Gasteiger partial charge in [-0.25, -0.2) is 4.98 Å². The molecule has 0 aliphatic heterocycles. The van der Waals surface area contributed by atoms with Gasteiger partial charge in [0.2, 0.25) is 0 Å². The maximum atomic E-state index is 6.22. The SMILES string of the molecule is NC(Cc1cccs1)Cc1nc(-c2ccccc2)cs1. The molecule has 0 spiro atoms. The second-order valence-electron chi connectivity index (χ2n) is 4.74. The standard InChI is InChI=1S/C16H16N2S2/c17-13(9-14-7-4-8-19-14)10-16-18-15(11-20-16)12-5-2-1-3-6-12/h1-8,11,13H,9-10,17H2. The van der Waals surface area contributed by atoms with Crippen LogP contribution in [-0.4, -0.2) is 11.0 Å². The second-order valence-corrected chi connectivity index (χ2v) is 6.72. The van der Waals surface area contributed by atoms with Crippen LogP contribution in [0.3, 0.4) is 0 Å². The number of rotatable bonds is 5. The van der Waals surface area contributed by atoms with Crippen molar-refractivity contribution < 1.29 is 0 Å². The highest BCUT2D eigenvalue weighted by molar-refractivity contribution is 7.10. The van der Waals surface area contributed by atoms with Crippen LogP contribution in [0.25, 0.3) is 11.3 Å². The molecule has 0 amide bonds. The fourth-order valence-electron chi connectivity index (χ4n) is 2.13. The summed E-state index contributed by atoms with van der Waals surface area (Å²) < 4.78 is 0. The van der Waals surface area contributed by atoms with Gasteiger partial charge in [-0.1, -0.05) is 36.4 Å². The minimum absolute atomic E-state index is 0.142. The van der Waals surface area contributed by atoms with Gasteiger partial charge < -0.3 is 5.73 Å². The smallest absolute Gasteiger partial charge is 0.0948 e. The molecule has 0 bridgehead atoms. The Morgan fingerprint density at radius 1 is 1.00 bits per heavy atom. The molecule has 2 N–H and O–H groups in total. The quantitative estimate of drug-likeness (QED) is 0.774. The highest BCUT2D eigenvalue weighted by Crippen LogP contribution is 2.22. The lowest BCUT2D eigenvalue weighted by molar-refractivity contribution is 0.668. The molecule has 1 aromatic carbocycles. The summed E-state index contributed by atoms with van der Waals surface area (Å²) in [5, 5.41) is 5.33. The third-order valence-electron chi connectivity index (χ3n) is 3.10. The predicted octanol–water partition coefficient (Wildman–Crippen LogP) is 3.98. The molecule has 0 saturated carbocycles. The van der Waals surface area contributed by atoms with Gasteiger partial charge in [-0.3, -0.25) is 0 Å². The van der Waals surface area contributed by atoms with Crippen molar-refractivity contribution >= 4 is 22.7 Å². The van der Waals surface area contributed by atoms with Crippen molar-refractivity contribution in [2.75, 3.05) is 0 Å². The summed E-state index contributed by atoms with van der Waals surface area (Å²) in [6, 6.07) is 14.6. The number of nitrogens with zero attached hydrogens (tertiary/aromatic N) is 1. The first kappa shape index (κ1) is 13.5. The minimum Gasteiger partial charge on any atom is -0.327 e. The zero-order valence-corrected chi connectivity index (χ0v) is 12.7. The lowest BCUT2D eigenvalue weighted by Gasteiger charge is -2.07. The first-order valence-electron chi connectivity index (χ1n) is 6.59. The number of aromatic nitrogens is 1. The van der Waals surface area contributed by atoms with E-state index < -0.39 is 0 Å². The molecule has 2 aromatic heterocycles. The lowest BCUT2D eigenvalue weighted by atomic mass is 10.1. The molecule has 4 heteroatoms. The lowest BCUT2D eigenvalue weighted by Crippen LogP contribution is -2.24. The van der Waals surface area contributed by atoms with E-state index in [4.69, 9.17) is 10.7 Å². The molecule has 0 aliphatic carbocycles. The van der Waals surface area contributed by atoms with Crippen molar-refractivity contribution in [1.82, 2.24) is 4.98 Å². The van der Waals surface area contributed by atoms with Gasteiger partial charge in [-0.05, 0) is 17.9 Å². The predicted molar refractivity (Wildman–Crippen MR) is 87.3 cm³/mol. The van der Waals surface area contributed by atoms with E-state index >= 15 is 0 Å². The Morgan fingerprint density at radius 3 is 2.60 bits per heavy atom. The molecule has 0 fully saturated rings. The molecule has 102 valence electrons. The molecule has 2 heterocycles. The summed E-state index contributed by atoms with van der Waals surface area (Å²) in [5.74, 6) is 0. The van der Waals surface area contributed by atoms with Crippen LogP contribution in [-0.2, 0) is 12.8 Å². The summed E-state index contributed by atoms with van der Waals surface area (Å²) in [6.07, 6.45) is 1.77. The van der Waals surface area contributed by atoms with Gasteiger partial charge in [0, 0.05) is 28.3 Å². The fourth-order valence-corrected chi connectivity index (χ4v) is 3.83. The Kier molecular flexibility index (Phi) is 4.25. The summed E-state index contributed by atoms with van der Waals surface area (Å²) >= 11 is 3.46. The van der Waals surface area contributed by atoms with E-state index in [0.29, 0.717) is 0 Å². The van der Waals surface area contributed by atoms with Crippen LogP contribution in [0.5, 0.6) is 0 Å². The summed E-state index contributed by atoms with van der Waals surface area (Å²) in [6.45, 7) is 0. The second kappa shape index (κ2) is 6.31. The van der Waals surface area contributed by atoms with Crippen LogP contribution < -0.4 is 5.73 Å². The van der Waals surface area contributed by atoms with Crippen LogP contribution in [0, 0.1) is 0 Å². The summed E-state index contributed by atoms with van der Waals surface area (Å²) in [4.78, 5) is 6.04. The van der Waals surface area contributed by atoms with E-state index in [1.54, 1.807) is 22.7 Å². The number of hydrogen-bond donors (Lipinski definition) is 1. The van der Waals surface area contributed by atoms with Crippen molar-refractivity contribution in [3.8, 4) is 11.3 Å². The van der Waals surface area contributed by atoms with E-state index in [9.17, 15) is 0 Å². The number of hydrogen-bond acceptors (Lipinski definition) is 4. The first-order chi connectivity index (χ1) is 9.81. The third-order valence-corrected chi connectivity index (χ3v) is 4.87. The van der Waals surface area contributed by atoms with Crippen molar-refractivity contribution in [3.05, 3.63) is 63.1 Å². The van der Waals surface area contributed by atoms with Crippen LogP contribution >= 0.6 is 22.7 Å². The van der Waals surface area contributed by atoms with E-state index in [2.05, 4.69) is 35.0 Å². The average molecular weight is 300 g/mol. The summed E-state index contributed by atoms with van der Waals surface area (Å²) in [7, 11) is 0. The Balaban J connectivity index is 1.65. The van der Waals surface area contributed by atoms with Crippen LogP contribution in [0.1, 0.15) is 9.88 Å². The topological polar surface area (TPSA) is 38.9 Å². The van der Waals surface area contributed by atoms with E-state index in [1.807, 2.05) is 18.2 Å². The zero-order valence-electron chi connectivity index (χ0n) is 11.0. The van der Waals surface area contributed by atoms with Crippen molar-refractivity contribution in [2.45, 2.75) is 18.9 Å². The largest absolute Gasteiger partial charge is 0.327 e. The average Bonchev–Trinajstić information content (AvgIpc) is 3.11. The van der Waals surface area contributed by atoms with Crippen molar-refractivity contribution in [2.24, 2.45) is 5.73 Å². The van der Waals surface area contributed by atoms with Crippen LogP contribution in [0.2, 0.25) is 0 Å². The van der Waals surface area contributed by atoms with Crippen LogP contribution in [0.15, 0.2) is 53.2 Å². The molecular formula is C16H16N2S2. The Labute approximate surface area is 126 Å². The zero-order chi connectivity index (χ0) is 13.8. The van der Waals surface area contributed by atoms with Gasteiger partial charge in [0.15, 0.2) is 0 Å². The molecule has 1 unspecified atom stereocenters. The number of thiazole rings is 1. The maximum Gasteiger partial charge on any atom is 0.0948 e. The van der Waals surface area contributed by atoms with Crippen molar-refractivity contribution in [3.63, 3.8) is 0 Å². The van der Waals surface area contributed by atoms with Crippen molar-refractivity contribution in [1.29, 1.82) is 0 Å². The van der Waals surface area contributed by atoms with Gasteiger partial charge in [0.25, 0.3) is 0 Å². The molecule has 0 radical (unpaired) electrons. The highest BCUT2D eigenvalue weighted by atomic mass is 32.1. The number of benzene rings is 1. The molecular weight excluding hydrogens is 284 g/mol. The Hall–Kier alpha value is -1.49. The first-order valence-corrected chi connectivity index (χ1v) is 8.35. The van der Waals surface area contributed by atoms with Gasteiger partial charge in [0.1, 0.15) is 0 Å². The third kappa shape index (κ3) is 3.33. The normalized spacial score (nSPS) is 12.4. The van der Waals surface area contributed by atoms with Crippen LogP contribution in [0.4, 0.5) is 0 Å². The molecule has 20 heavy (non-hydrogen) atoms. The monoisotopic (exact) mass is 300 g/mol. The molecule has 0 aliphatic rings. The van der Waals surface area contributed by atoms with E-state index in [1.165, 1.54) is 10.4 Å². The van der Waals surface area contributed by atoms with E-state index in [0.717, 1.165) is 23.5 Å². The maximum absolute atomic E-state index is 6.22. The van der Waals surface area contributed by atoms with E-state index in [-0.39, 0.29) is 6.04 Å². The summed E-state index contributed by atoms with van der Waals surface area (Å²) in [5.41, 5.74) is 8.44. The molecule has 0 saturated heterocycles. The highest BCUT2D eigenvalue weighted by Gasteiger charge is 2.10. The Bertz CT molecular complexity index is 644. The fraction of sp³-hybridized carbons (Fsp3) is 0.188. The molecule has 3 rings (SSSR count). The molecule has 1 atom stereocenters. The Morgan fingerprint density at radius 2 is 1.85 bits per heavy atom. The van der Waals surface area contributed by atoms with Gasteiger partial charge in [-0.15, -0.1) is 22.7 Å².